The van der Waals surface area contributed by atoms with Gasteiger partial charge in [0.15, 0.2) is 0 Å². The van der Waals surface area contributed by atoms with E-state index < -0.39 is 10.0 Å². The van der Waals surface area contributed by atoms with E-state index in [2.05, 4.69) is 44.1 Å². The Morgan fingerprint density at radius 1 is 0.857 bits per heavy atom. The number of nitrogens with one attached hydrogen (secondary N) is 2. The zero-order valence-corrected chi connectivity index (χ0v) is 20.8. The molecule has 1 saturated heterocycles. The second-order valence-corrected chi connectivity index (χ2v) is 10.6. The van der Waals surface area contributed by atoms with Gasteiger partial charge in [-0.15, -0.1) is 0 Å². The molecule has 0 bridgehead atoms. The molecule has 1 heterocycles. The van der Waals surface area contributed by atoms with Gasteiger partial charge in [0.05, 0.1) is 4.90 Å². The smallest absolute Gasteiger partial charge is 0.240 e. The Morgan fingerprint density at radius 3 is 2.17 bits per heavy atom. The van der Waals surface area contributed by atoms with E-state index in [9.17, 15) is 13.2 Å². The van der Waals surface area contributed by atoms with Crippen molar-refractivity contribution in [3.63, 3.8) is 0 Å². The number of carbonyl (C=O) groups excluding carboxylic acids is 1. The van der Waals surface area contributed by atoms with Crippen molar-refractivity contribution in [2.24, 2.45) is 0 Å². The van der Waals surface area contributed by atoms with Crippen LogP contribution in [0.25, 0.3) is 0 Å². The predicted molar refractivity (Wildman–Crippen MR) is 140 cm³/mol. The fourth-order valence-electron chi connectivity index (χ4n) is 4.08. The first-order valence-electron chi connectivity index (χ1n) is 11.9. The van der Waals surface area contributed by atoms with Gasteiger partial charge in [-0.2, -0.15) is 0 Å². The maximum Gasteiger partial charge on any atom is 0.240 e. The van der Waals surface area contributed by atoms with Gasteiger partial charge in [-0.25, -0.2) is 13.1 Å². The largest absolute Gasteiger partial charge is 0.369 e. The molecule has 0 aromatic heterocycles. The lowest BCUT2D eigenvalue weighted by atomic mass is 10.2. The summed E-state index contributed by atoms with van der Waals surface area (Å²) in [4.78, 5) is 17.3. The summed E-state index contributed by atoms with van der Waals surface area (Å²) in [6.45, 7) is 6.83. The quantitative estimate of drug-likeness (QED) is 0.477. The summed E-state index contributed by atoms with van der Waals surface area (Å²) >= 11 is 0. The summed E-state index contributed by atoms with van der Waals surface area (Å²) in [5.74, 6) is -0.237. The van der Waals surface area contributed by atoms with Crippen LogP contribution >= 0.6 is 0 Å². The van der Waals surface area contributed by atoms with Gasteiger partial charge in [-0.05, 0) is 48.9 Å². The zero-order valence-electron chi connectivity index (χ0n) is 20.0. The molecule has 0 saturated carbocycles. The minimum absolute atomic E-state index is 0.0351. The van der Waals surface area contributed by atoms with Crippen molar-refractivity contribution in [2.45, 2.75) is 24.8 Å². The average Bonchev–Trinajstić information content (AvgIpc) is 2.86. The number of nitrogens with zero attached hydrogens (tertiary/aromatic N) is 2. The summed E-state index contributed by atoms with van der Waals surface area (Å²) in [5, 5.41) is 2.84. The first kappa shape index (κ1) is 24.9. The van der Waals surface area contributed by atoms with Gasteiger partial charge in [-0.1, -0.05) is 48.0 Å². The third-order valence-corrected chi connectivity index (χ3v) is 7.59. The predicted octanol–water partition coefficient (Wildman–Crippen LogP) is 3.62. The Hall–Kier alpha value is -3.20. The SMILES string of the molecule is Cc1ccc(S(=O)(=O)NCCC(=O)Nc2ccc(N3CCN(Cc4ccccc4)CC3)cc2)cc1. The minimum Gasteiger partial charge on any atom is -0.369 e. The monoisotopic (exact) mass is 492 g/mol. The Bertz CT molecular complexity index is 1210. The van der Waals surface area contributed by atoms with Crippen molar-refractivity contribution in [3.05, 3.63) is 90.0 Å². The molecule has 2 N–H and O–H groups in total. The Balaban J connectivity index is 1.20. The molecular formula is C27H32N4O3S. The number of anilines is 2. The minimum atomic E-state index is -3.62. The van der Waals surface area contributed by atoms with E-state index in [-0.39, 0.29) is 23.8 Å². The first-order chi connectivity index (χ1) is 16.9. The number of piperazine rings is 1. The first-order valence-corrected chi connectivity index (χ1v) is 13.3. The van der Waals surface area contributed by atoms with Gasteiger partial charge in [0.25, 0.3) is 0 Å². The lowest BCUT2D eigenvalue weighted by Gasteiger charge is -2.36. The van der Waals surface area contributed by atoms with Gasteiger partial charge in [0.1, 0.15) is 0 Å². The van der Waals surface area contributed by atoms with Gasteiger partial charge >= 0.3 is 0 Å². The molecule has 3 aromatic rings. The van der Waals surface area contributed by atoms with Crippen LogP contribution in [0.2, 0.25) is 0 Å². The number of amides is 1. The van der Waals surface area contributed by atoms with Crippen LogP contribution < -0.4 is 14.9 Å². The van der Waals surface area contributed by atoms with Crippen LogP contribution in [0.15, 0.2) is 83.8 Å². The Morgan fingerprint density at radius 2 is 1.51 bits per heavy atom. The van der Waals surface area contributed by atoms with Gasteiger partial charge < -0.3 is 10.2 Å². The number of benzene rings is 3. The molecule has 1 aliphatic rings. The number of carbonyl (C=O) groups is 1. The van der Waals surface area contributed by atoms with Crippen molar-refractivity contribution >= 4 is 27.3 Å². The highest BCUT2D eigenvalue weighted by Crippen LogP contribution is 2.20. The molecule has 0 aliphatic carbocycles. The zero-order chi connectivity index (χ0) is 24.7. The summed E-state index contributed by atoms with van der Waals surface area (Å²) in [7, 11) is -3.62. The van der Waals surface area contributed by atoms with E-state index in [0.29, 0.717) is 5.69 Å². The molecule has 1 fully saturated rings. The maximum atomic E-state index is 12.3. The normalized spacial score (nSPS) is 14.6. The molecule has 0 radical (unpaired) electrons. The maximum absolute atomic E-state index is 12.3. The van der Waals surface area contributed by atoms with Crippen LogP contribution in [0.4, 0.5) is 11.4 Å². The van der Waals surface area contributed by atoms with Crippen LogP contribution in [0.5, 0.6) is 0 Å². The van der Waals surface area contributed by atoms with E-state index in [0.717, 1.165) is 44.0 Å². The molecule has 1 amide bonds. The molecule has 8 heteroatoms. The number of hydrogen-bond donors (Lipinski definition) is 2. The molecular weight excluding hydrogens is 460 g/mol. The topological polar surface area (TPSA) is 81.7 Å². The van der Waals surface area contributed by atoms with Crippen LogP contribution in [0.1, 0.15) is 17.5 Å². The highest BCUT2D eigenvalue weighted by atomic mass is 32.2. The van der Waals surface area contributed by atoms with Crippen molar-refractivity contribution in [3.8, 4) is 0 Å². The van der Waals surface area contributed by atoms with Crippen molar-refractivity contribution in [1.29, 1.82) is 0 Å². The Kier molecular flexibility index (Phi) is 8.17. The van der Waals surface area contributed by atoms with Crippen LogP contribution in [0, 0.1) is 6.92 Å². The van der Waals surface area contributed by atoms with E-state index in [1.165, 1.54) is 5.56 Å². The second kappa shape index (κ2) is 11.5. The molecule has 1 aliphatic heterocycles. The second-order valence-electron chi connectivity index (χ2n) is 8.80. The number of rotatable bonds is 9. The lowest BCUT2D eigenvalue weighted by Crippen LogP contribution is -2.45. The summed E-state index contributed by atoms with van der Waals surface area (Å²) in [6, 6.07) is 24.9. The molecule has 184 valence electrons. The van der Waals surface area contributed by atoms with Crippen LogP contribution in [-0.4, -0.2) is 51.9 Å². The van der Waals surface area contributed by atoms with Crippen molar-refractivity contribution in [2.75, 3.05) is 42.9 Å². The molecule has 35 heavy (non-hydrogen) atoms. The van der Waals surface area contributed by atoms with Gasteiger partial charge in [-0.3, -0.25) is 9.69 Å². The van der Waals surface area contributed by atoms with E-state index in [4.69, 9.17) is 0 Å². The summed E-state index contributed by atoms with van der Waals surface area (Å²) in [5.41, 5.74) is 4.15. The number of sulfonamides is 1. The number of hydrogen-bond acceptors (Lipinski definition) is 5. The molecule has 0 atom stereocenters. The van der Waals surface area contributed by atoms with Crippen LogP contribution in [-0.2, 0) is 21.4 Å². The van der Waals surface area contributed by atoms with E-state index >= 15 is 0 Å². The van der Waals surface area contributed by atoms with Crippen molar-refractivity contribution in [1.82, 2.24) is 9.62 Å². The highest BCUT2D eigenvalue weighted by Gasteiger charge is 2.18. The molecule has 7 nitrogen and oxygen atoms in total. The molecule has 3 aromatic carbocycles. The molecule has 0 unspecified atom stereocenters. The molecule has 4 rings (SSSR count). The van der Waals surface area contributed by atoms with Crippen molar-refractivity contribution < 1.29 is 13.2 Å². The van der Waals surface area contributed by atoms with Gasteiger partial charge in [0.2, 0.25) is 15.9 Å². The fourth-order valence-corrected chi connectivity index (χ4v) is 5.12. The summed E-state index contributed by atoms with van der Waals surface area (Å²) < 4.78 is 27.1. The average molecular weight is 493 g/mol. The Labute approximate surface area is 207 Å². The highest BCUT2D eigenvalue weighted by molar-refractivity contribution is 7.89. The molecule has 0 spiro atoms. The van der Waals surface area contributed by atoms with E-state index in [1.54, 1.807) is 24.3 Å². The van der Waals surface area contributed by atoms with Crippen LogP contribution in [0.3, 0.4) is 0 Å². The summed E-state index contributed by atoms with van der Waals surface area (Å²) in [6.07, 6.45) is 0.0518. The van der Waals surface area contributed by atoms with E-state index in [1.807, 2.05) is 37.3 Å². The lowest BCUT2D eigenvalue weighted by molar-refractivity contribution is -0.116. The van der Waals surface area contributed by atoms with Gasteiger partial charge in [0, 0.05) is 57.1 Å². The third kappa shape index (κ3) is 7.14. The standard InChI is InChI=1S/C27H32N4O3S/c1-22-7-13-26(14-8-22)35(33,34)28-16-15-27(32)29-24-9-11-25(12-10-24)31-19-17-30(18-20-31)21-23-5-3-2-4-6-23/h2-14,28H,15-21H2,1H3,(H,29,32). The third-order valence-electron chi connectivity index (χ3n) is 6.11. The fraction of sp³-hybridized carbons (Fsp3) is 0.296. The number of aryl methyl sites for hydroxylation is 1.